The Bertz CT molecular complexity index is 217. The molecule has 1 aliphatic rings. The molecule has 0 radical (unpaired) electrons. The second-order valence-corrected chi connectivity index (χ2v) is 4.28. The molecule has 16 heavy (non-hydrogen) atoms. The Morgan fingerprint density at radius 3 is 2.06 bits per heavy atom. The first-order valence-corrected chi connectivity index (χ1v) is 5.35. The van der Waals surface area contributed by atoms with Crippen molar-refractivity contribution >= 4 is 12.4 Å². The molecule has 0 aliphatic carbocycles. The molecule has 96 valence electrons. The van der Waals surface area contributed by atoms with E-state index in [2.05, 4.69) is 0 Å². The number of carbonyl (C=O) groups excluding carboxylic acids is 2. The van der Waals surface area contributed by atoms with Gasteiger partial charge in [-0.05, 0) is 20.8 Å². The molecular weight excluding hydrogens is 210 g/mol. The Hall–Kier alpha value is -1.10. The standard InChI is InChI=1S/C9H15NO3.C2H6.H2O/c1-9(2,3)13-8(12)10-4-7(5-10)6-11;1-2;/h6-7H,4-5H2,1-3H3;1-2H3;1H2. The Kier molecular flexibility index (Phi) is 7.81. The summed E-state index contributed by atoms with van der Waals surface area (Å²) in [6.07, 6.45) is 0.548. The van der Waals surface area contributed by atoms with Crippen LogP contribution in [-0.4, -0.2) is 41.4 Å². The first-order valence-electron chi connectivity index (χ1n) is 5.35. The molecule has 0 aromatic rings. The van der Waals surface area contributed by atoms with Gasteiger partial charge in [0.2, 0.25) is 0 Å². The van der Waals surface area contributed by atoms with Crippen molar-refractivity contribution in [1.29, 1.82) is 0 Å². The number of ether oxygens (including phenoxy) is 1. The summed E-state index contributed by atoms with van der Waals surface area (Å²) in [5.74, 6) is 0.00696. The molecule has 1 aliphatic heterocycles. The summed E-state index contributed by atoms with van der Waals surface area (Å²) in [5, 5.41) is 0. The van der Waals surface area contributed by atoms with Gasteiger partial charge in [0.1, 0.15) is 11.9 Å². The highest BCUT2D eigenvalue weighted by Crippen LogP contribution is 2.17. The van der Waals surface area contributed by atoms with Crippen LogP contribution in [0.3, 0.4) is 0 Å². The van der Waals surface area contributed by atoms with Crippen molar-refractivity contribution in [2.24, 2.45) is 5.92 Å². The molecule has 0 atom stereocenters. The molecule has 0 aromatic carbocycles. The lowest BCUT2D eigenvalue weighted by Gasteiger charge is -2.36. The van der Waals surface area contributed by atoms with Crippen LogP contribution in [0.25, 0.3) is 0 Å². The van der Waals surface area contributed by atoms with Crippen LogP contribution in [0.15, 0.2) is 0 Å². The Morgan fingerprint density at radius 2 is 1.75 bits per heavy atom. The van der Waals surface area contributed by atoms with Gasteiger partial charge in [0, 0.05) is 13.1 Å². The molecule has 1 heterocycles. The van der Waals surface area contributed by atoms with Crippen LogP contribution in [0.4, 0.5) is 4.79 Å². The van der Waals surface area contributed by atoms with Crippen molar-refractivity contribution in [3.63, 3.8) is 0 Å². The van der Waals surface area contributed by atoms with Gasteiger partial charge in [0.25, 0.3) is 0 Å². The van der Waals surface area contributed by atoms with Gasteiger partial charge in [-0.1, -0.05) is 13.8 Å². The molecule has 2 N–H and O–H groups in total. The molecule has 0 aromatic heterocycles. The molecule has 0 spiro atoms. The maximum Gasteiger partial charge on any atom is 0.410 e. The van der Waals surface area contributed by atoms with Crippen LogP contribution in [-0.2, 0) is 9.53 Å². The minimum atomic E-state index is -0.455. The van der Waals surface area contributed by atoms with Gasteiger partial charge in [0.15, 0.2) is 0 Å². The first kappa shape index (κ1) is 17.3. The van der Waals surface area contributed by atoms with E-state index in [0.29, 0.717) is 13.1 Å². The van der Waals surface area contributed by atoms with Crippen molar-refractivity contribution < 1.29 is 19.8 Å². The van der Waals surface area contributed by atoms with Gasteiger partial charge in [-0.3, -0.25) is 0 Å². The zero-order chi connectivity index (χ0) is 12.1. The van der Waals surface area contributed by atoms with Crippen LogP contribution in [0.5, 0.6) is 0 Å². The third-order valence-electron chi connectivity index (χ3n) is 1.75. The van der Waals surface area contributed by atoms with E-state index in [9.17, 15) is 9.59 Å². The lowest BCUT2D eigenvalue weighted by Crippen LogP contribution is -2.52. The molecule has 1 rings (SSSR count). The van der Waals surface area contributed by atoms with Crippen LogP contribution in [0.1, 0.15) is 34.6 Å². The van der Waals surface area contributed by atoms with E-state index in [1.54, 1.807) is 0 Å². The average Bonchev–Trinajstić information content (AvgIpc) is 2.02. The summed E-state index contributed by atoms with van der Waals surface area (Å²) in [6, 6.07) is 0. The summed E-state index contributed by atoms with van der Waals surface area (Å²) >= 11 is 0. The molecule has 5 nitrogen and oxygen atoms in total. The summed E-state index contributed by atoms with van der Waals surface area (Å²) in [7, 11) is 0. The molecule has 1 saturated heterocycles. The maximum absolute atomic E-state index is 11.3. The van der Waals surface area contributed by atoms with E-state index < -0.39 is 5.60 Å². The molecule has 1 amide bonds. The van der Waals surface area contributed by atoms with Gasteiger partial charge in [-0.25, -0.2) is 4.79 Å². The normalized spacial score (nSPS) is 14.9. The van der Waals surface area contributed by atoms with Gasteiger partial charge >= 0.3 is 6.09 Å². The third kappa shape index (κ3) is 5.70. The Balaban J connectivity index is 0. The molecule has 5 heteroatoms. The quantitative estimate of drug-likeness (QED) is 0.639. The van der Waals surface area contributed by atoms with Crippen LogP contribution >= 0.6 is 0 Å². The fourth-order valence-corrected chi connectivity index (χ4v) is 1.07. The predicted octanol–water partition coefficient (Wildman–Crippen LogP) is 1.25. The van der Waals surface area contributed by atoms with Gasteiger partial charge in [-0.2, -0.15) is 0 Å². The highest BCUT2D eigenvalue weighted by molar-refractivity contribution is 5.71. The number of likely N-dealkylation sites (tertiary alicyclic amines) is 1. The number of aldehydes is 1. The zero-order valence-corrected chi connectivity index (χ0v) is 10.7. The number of hydrogen-bond acceptors (Lipinski definition) is 3. The van der Waals surface area contributed by atoms with E-state index in [0.717, 1.165) is 6.29 Å². The summed E-state index contributed by atoms with van der Waals surface area (Å²) < 4.78 is 5.11. The van der Waals surface area contributed by atoms with Crippen LogP contribution in [0.2, 0.25) is 0 Å². The maximum atomic E-state index is 11.3. The van der Waals surface area contributed by atoms with Crippen molar-refractivity contribution in [3.05, 3.63) is 0 Å². The van der Waals surface area contributed by atoms with Gasteiger partial charge in [0.05, 0.1) is 5.92 Å². The van der Waals surface area contributed by atoms with Crippen LogP contribution < -0.4 is 0 Å². The lowest BCUT2D eigenvalue weighted by atomic mass is 10.0. The fourth-order valence-electron chi connectivity index (χ4n) is 1.07. The molecule has 0 saturated carbocycles. The van der Waals surface area contributed by atoms with Crippen molar-refractivity contribution in [1.82, 2.24) is 4.90 Å². The highest BCUT2D eigenvalue weighted by atomic mass is 16.6. The molecule has 1 fully saturated rings. The number of nitrogens with zero attached hydrogens (tertiary/aromatic N) is 1. The smallest absolute Gasteiger partial charge is 0.410 e. The number of amides is 1. The fraction of sp³-hybridized carbons (Fsp3) is 0.818. The summed E-state index contributed by atoms with van der Waals surface area (Å²) in [4.78, 5) is 23.1. The largest absolute Gasteiger partial charge is 0.444 e. The Morgan fingerprint density at radius 1 is 1.31 bits per heavy atom. The molecule has 0 bridgehead atoms. The highest BCUT2D eigenvalue weighted by Gasteiger charge is 2.33. The van der Waals surface area contributed by atoms with Crippen molar-refractivity contribution in [3.8, 4) is 0 Å². The first-order chi connectivity index (χ1) is 6.92. The molecular formula is C11H23NO4. The van der Waals surface area contributed by atoms with Gasteiger partial charge in [-0.15, -0.1) is 0 Å². The summed E-state index contributed by atoms with van der Waals surface area (Å²) in [6.45, 7) is 10.5. The SMILES string of the molecule is CC.CC(C)(C)OC(=O)N1CC(C=O)C1.O. The van der Waals surface area contributed by atoms with E-state index in [1.807, 2.05) is 34.6 Å². The predicted molar refractivity (Wildman–Crippen MR) is 62.3 cm³/mol. The minimum Gasteiger partial charge on any atom is -0.444 e. The topological polar surface area (TPSA) is 78.1 Å². The number of rotatable bonds is 1. The average molecular weight is 233 g/mol. The third-order valence-corrected chi connectivity index (χ3v) is 1.75. The van der Waals surface area contributed by atoms with E-state index in [4.69, 9.17) is 4.74 Å². The van der Waals surface area contributed by atoms with Crippen LogP contribution in [0, 0.1) is 5.92 Å². The number of hydrogen-bond donors (Lipinski definition) is 0. The van der Waals surface area contributed by atoms with Gasteiger partial charge < -0.3 is 19.9 Å². The van der Waals surface area contributed by atoms with E-state index in [1.165, 1.54) is 4.90 Å². The summed E-state index contributed by atoms with van der Waals surface area (Å²) in [5.41, 5.74) is -0.455. The monoisotopic (exact) mass is 233 g/mol. The van der Waals surface area contributed by atoms with E-state index >= 15 is 0 Å². The lowest BCUT2D eigenvalue weighted by molar-refractivity contribution is -0.115. The number of carbonyl (C=O) groups is 2. The zero-order valence-electron chi connectivity index (χ0n) is 10.7. The second-order valence-electron chi connectivity index (χ2n) is 4.28. The second kappa shape index (κ2) is 7.22. The van der Waals surface area contributed by atoms with E-state index in [-0.39, 0.29) is 17.5 Å². The minimum absolute atomic E-state index is 0. The Labute approximate surface area is 97.1 Å². The molecule has 0 unspecified atom stereocenters. The van der Waals surface area contributed by atoms with Crippen molar-refractivity contribution in [2.75, 3.05) is 13.1 Å². The van der Waals surface area contributed by atoms with Crippen molar-refractivity contribution in [2.45, 2.75) is 40.2 Å².